The molecule has 16 heavy (non-hydrogen) atoms. The third kappa shape index (κ3) is 1.85. The molecule has 0 amide bonds. The van der Waals surface area contributed by atoms with E-state index in [1.54, 1.807) is 0 Å². The lowest BCUT2D eigenvalue weighted by molar-refractivity contribution is 0.620. The highest BCUT2D eigenvalue weighted by Crippen LogP contribution is 2.25. The van der Waals surface area contributed by atoms with Gasteiger partial charge in [-0.25, -0.2) is 0 Å². The van der Waals surface area contributed by atoms with Gasteiger partial charge >= 0.3 is 0 Å². The van der Waals surface area contributed by atoms with Crippen molar-refractivity contribution in [2.75, 3.05) is 6.54 Å². The molecule has 0 aliphatic carbocycles. The predicted octanol–water partition coefficient (Wildman–Crippen LogP) is 3.03. The lowest BCUT2D eigenvalue weighted by Gasteiger charge is -2.09. The molecule has 2 heteroatoms. The Kier molecular flexibility index (Phi) is 3.01. The fourth-order valence-corrected chi connectivity index (χ4v) is 2.22. The number of rotatable bonds is 3. The van der Waals surface area contributed by atoms with Crippen LogP contribution in [0.2, 0.25) is 0 Å². The number of aromatic nitrogens is 1. The molecule has 0 aliphatic heterocycles. The van der Waals surface area contributed by atoms with Gasteiger partial charge in [-0.2, -0.15) is 0 Å². The van der Waals surface area contributed by atoms with Crippen LogP contribution in [0.25, 0.3) is 10.9 Å². The molecule has 2 aromatic rings. The second kappa shape index (κ2) is 4.30. The van der Waals surface area contributed by atoms with Gasteiger partial charge in [0.25, 0.3) is 0 Å². The van der Waals surface area contributed by atoms with Crippen molar-refractivity contribution in [1.82, 2.24) is 4.57 Å². The summed E-state index contributed by atoms with van der Waals surface area (Å²) in [6, 6.07) is 7.15. The number of hydrogen-bond acceptors (Lipinski definition) is 1. The Hall–Kier alpha value is -1.28. The third-order valence-corrected chi connectivity index (χ3v) is 3.04. The molecule has 1 aromatic heterocycles. The van der Waals surface area contributed by atoms with E-state index < -0.39 is 0 Å². The molecule has 0 saturated heterocycles. The molecule has 0 bridgehead atoms. The van der Waals surface area contributed by atoms with Gasteiger partial charge < -0.3 is 10.3 Å². The molecule has 0 saturated carbocycles. The van der Waals surface area contributed by atoms with Gasteiger partial charge in [0.15, 0.2) is 0 Å². The second-order valence-corrected chi connectivity index (χ2v) is 4.71. The lowest BCUT2D eigenvalue weighted by Crippen LogP contribution is -2.02. The summed E-state index contributed by atoms with van der Waals surface area (Å²) in [5.41, 5.74) is 9.67. The Labute approximate surface area is 97.1 Å². The quantitative estimate of drug-likeness (QED) is 0.840. The predicted molar refractivity (Wildman–Crippen MR) is 69.8 cm³/mol. The van der Waals surface area contributed by atoms with E-state index in [0.29, 0.717) is 12.6 Å². The first-order valence-electron chi connectivity index (χ1n) is 5.93. The summed E-state index contributed by atoms with van der Waals surface area (Å²) < 4.78 is 2.34. The van der Waals surface area contributed by atoms with Gasteiger partial charge in [0, 0.05) is 23.1 Å². The van der Waals surface area contributed by atoms with Crippen molar-refractivity contribution < 1.29 is 0 Å². The Morgan fingerprint density at radius 1 is 1.31 bits per heavy atom. The molecule has 2 N–H and O–H groups in total. The van der Waals surface area contributed by atoms with Gasteiger partial charge in [-0.3, -0.25) is 0 Å². The summed E-state index contributed by atoms with van der Waals surface area (Å²) in [4.78, 5) is 0. The van der Waals surface area contributed by atoms with E-state index in [9.17, 15) is 0 Å². The monoisotopic (exact) mass is 216 g/mol. The highest BCUT2D eigenvalue weighted by Gasteiger charge is 2.09. The van der Waals surface area contributed by atoms with Crippen molar-refractivity contribution in [1.29, 1.82) is 0 Å². The van der Waals surface area contributed by atoms with E-state index in [2.05, 4.69) is 49.7 Å². The maximum absolute atomic E-state index is 5.66. The van der Waals surface area contributed by atoms with E-state index in [1.807, 2.05) is 0 Å². The number of fused-ring (bicyclic) bond motifs is 1. The fourth-order valence-electron chi connectivity index (χ4n) is 2.22. The average molecular weight is 216 g/mol. The van der Waals surface area contributed by atoms with E-state index in [4.69, 9.17) is 5.73 Å². The van der Waals surface area contributed by atoms with Crippen LogP contribution >= 0.6 is 0 Å². The molecule has 0 spiro atoms. The van der Waals surface area contributed by atoms with Gasteiger partial charge in [0.05, 0.1) is 0 Å². The Balaban J connectivity index is 2.66. The van der Waals surface area contributed by atoms with Crippen LogP contribution in [0, 0.1) is 6.92 Å². The SMILES string of the molecule is Cc1ccc2c(CCN)cn(C(C)C)c2c1. The standard InChI is InChI=1S/C14H20N2/c1-10(2)16-9-12(6-7-15)13-5-4-11(3)8-14(13)16/h4-5,8-10H,6-7,15H2,1-3H3. The smallest absolute Gasteiger partial charge is 0.0488 e. The molecular formula is C14H20N2. The minimum absolute atomic E-state index is 0.496. The molecular weight excluding hydrogens is 196 g/mol. The summed E-state index contributed by atoms with van der Waals surface area (Å²) in [5.74, 6) is 0. The lowest BCUT2D eigenvalue weighted by atomic mass is 10.1. The van der Waals surface area contributed by atoms with Gasteiger partial charge in [-0.15, -0.1) is 0 Å². The van der Waals surface area contributed by atoms with Crippen molar-refractivity contribution >= 4 is 10.9 Å². The van der Waals surface area contributed by atoms with E-state index >= 15 is 0 Å². The molecule has 0 radical (unpaired) electrons. The number of nitrogens with two attached hydrogens (primary N) is 1. The topological polar surface area (TPSA) is 30.9 Å². The zero-order chi connectivity index (χ0) is 11.7. The van der Waals surface area contributed by atoms with Crippen LogP contribution in [0.5, 0.6) is 0 Å². The molecule has 0 fully saturated rings. The number of benzene rings is 1. The molecule has 1 aromatic carbocycles. The normalized spacial score (nSPS) is 11.6. The highest BCUT2D eigenvalue weighted by atomic mass is 15.0. The van der Waals surface area contributed by atoms with Crippen molar-refractivity contribution in [2.45, 2.75) is 33.2 Å². The minimum Gasteiger partial charge on any atom is -0.345 e. The zero-order valence-electron chi connectivity index (χ0n) is 10.3. The van der Waals surface area contributed by atoms with Crippen molar-refractivity contribution in [3.63, 3.8) is 0 Å². The molecule has 0 atom stereocenters. The van der Waals surface area contributed by atoms with Gasteiger partial charge in [-0.1, -0.05) is 12.1 Å². The summed E-state index contributed by atoms with van der Waals surface area (Å²) in [7, 11) is 0. The van der Waals surface area contributed by atoms with Gasteiger partial charge in [0.1, 0.15) is 0 Å². The van der Waals surface area contributed by atoms with E-state index in [-0.39, 0.29) is 0 Å². The van der Waals surface area contributed by atoms with Crippen molar-refractivity contribution in [3.8, 4) is 0 Å². The van der Waals surface area contributed by atoms with E-state index in [1.165, 1.54) is 22.0 Å². The first-order valence-corrected chi connectivity index (χ1v) is 5.93. The molecule has 2 rings (SSSR count). The second-order valence-electron chi connectivity index (χ2n) is 4.71. The largest absolute Gasteiger partial charge is 0.345 e. The Bertz CT molecular complexity index is 495. The van der Waals surface area contributed by atoms with Gasteiger partial charge in [0.2, 0.25) is 0 Å². The molecule has 0 aliphatic rings. The van der Waals surface area contributed by atoms with Crippen LogP contribution in [-0.2, 0) is 6.42 Å². The number of aryl methyl sites for hydroxylation is 1. The van der Waals surface area contributed by atoms with Crippen LogP contribution in [0.4, 0.5) is 0 Å². The van der Waals surface area contributed by atoms with Crippen LogP contribution < -0.4 is 5.73 Å². The zero-order valence-corrected chi connectivity index (χ0v) is 10.3. The summed E-state index contributed by atoms with van der Waals surface area (Å²) in [6.45, 7) is 7.28. The molecule has 2 nitrogen and oxygen atoms in total. The molecule has 0 unspecified atom stereocenters. The first-order chi connectivity index (χ1) is 7.63. The summed E-state index contributed by atoms with van der Waals surface area (Å²) >= 11 is 0. The number of hydrogen-bond donors (Lipinski definition) is 1. The summed E-state index contributed by atoms with van der Waals surface area (Å²) in [5, 5.41) is 1.35. The molecule has 1 heterocycles. The maximum Gasteiger partial charge on any atom is 0.0488 e. The minimum atomic E-state index is 0.496. The van der Waals surface area contributed by atoms with Gasteiger partial charge in [-0.05, 0) is 50.9 Å². The van der Waals surface area contributed by atoms with Crippen molar-refractivity contribution in [2.24, 2.45) is 5.73 Å². The van der Waals surface area contributed by atoms with Crippen LogP contribution in [0.15, 0.2) is 24.4 Å². The van der Waals surface area contributed by atoms with Crippen LogP contribution in [0.3, 0.4) is 0 Å². The fraction of sp³-hybridized carbons (Fsp3) is 0.429. The van der Waals surface area contributed by atoms with Crippen LogP contribution in [0.1, 0.15) is 31.0 Å². The Morgan fingerprint density at radius 3 is 2.69 bits per heavy atom. The Morgan fingerprint density at radius 2 is 2.06 bits per heavy atom. The maximum atomic E-state index is 5.66. The number of nitrogens with zero attached hydrogens (tertiary/aromatic N) is 1. The van der Waals surface area contributed by atoms with E-state index in [0.717, 1.165) is 6.42 Å². The molecule has 86 valence electrons. The summed E-state index contributed by atoms with van der Waals surface area (Å²) in [6.07, 6.45) is 3.21. The first kappa shape index (κ1) is 11.2. The van der Waals surface area contributed by atoms with Crippen molar-refractivity contribution in [3.05, 3.63) is 35.5 Å². The van der Waals surface area contributed by atoms with Crippen LogP contribution in [-0.4, -0.2) is 11.1 Å². The highest BCUT2D eigenvalue weighted by molar-refractivity contribution is 5.84. The average Bonchev–Trinajstić information content (AvgIpc) is 2.57. The third-order valence-electron chi connectivity index (χ3n) is 3.04.